The number of carbonyl (C=O) groups is 1. The van der Waals surface area contributed by atoms with Crippen LogP contribution < -0.4 is 5.73 Å². The van der Waals surface area contributed by atoms with Gasteiger partial charge in [-0.2, -0.15) is 4.98 Å². The lowest BCUT2D eigenvalue weighted by Gasteiger charge is -2.53. The normalized spacial score (nSPS) is 39.7. The summed E-state index contributed by atoms with van der Waals surface area (Å²) in [7, 11) is 0. The minimum absolute atomic E-state index is 0.0128. The summed E-state index contributed by atoms with van der Waals surface area (Å²) in [4.78, 5) is 15.1. The number of anilines is 1. The maximum atomic E-state index is 11.3. The van der Waals surface area contributed by atoms with Gasteiger partial charge in [0.2, 0.25) is 0 Å². The number of oxazole rings is 1. The van der Waals surface area contributed by atoms with Crippen LogP contribution in [0.25, 0.3) is 0 Å². The summed E-state index contributed by atoms with van der Waals surface area (Å²) in [5.41, 5.74) is 5.61. The molecule has 0 atom stereocenters. The average molecular weight is 262 g/mol. The van der Waals surface area contributed by atoms with Crippen LogP contribution in [-0.4, -0.2) is 16.1 Å². The van der Waals surface area contributed by atoms with E-state index >= 15 is 0 Å². The van der Waals surface area contributed by atoms with Gasteiger partial charge in [0.25, 0.3) is 6.01 Å². The largest absolute Gasteiger partial charge is 0.476 e. The van der Waals surface area contributed by atoms with Crippen LogP contribution in [0.4, 0.5) is 6.01 Å². The predicted molar refractivity (Wildman–Crippen MR) is 67.7 cm³/mol. The maximum Gasteiger partial charge on any atom is 0.358 e. The predicted octanol–water partition coefficient (Wildman–Crippen LogP) is 2.49. The van der Waals surface area contributed by atoms with Crippen LogP contribution >= 0.6 is 0 Å². The van der Waals surface area contributed by atoms with E-state index in [0.717, 1.165) is 11.8 Å². The molecule has 5 nitrogen and oxygen atoms in total. The first-order valence-electron chi connectivity index (χ1n) is 7.11. The molecule has 1 aromatic rings. The van der Waals surface area contributed by atoms with E-state index in [2.05, 4.69) is 4.98 Å². The molecule has 4 fully saturated rings. The van der Waals surface area contributed by atoms with Gasteiger partial charge in [0, 0.05) is 5.92 Å². The number of carboxylic acid groups (broad SMARTS) is 1. The quantitative estimate of drug-likeness (QED) is 0.854. The van der Waals surface area contributed by atoms with Crippen molar-refractivity contribution in [3.8, 4) is 0 Å². The van der Waals surface area contributed by atoms with Crippen LogP contribution in [0.5, 0.6) is 0 Å². The Hall–Kier alpha value is -1.52. The zero-order valence-corrected chi connectivity index (χ0v) is 10.7. The van der Waals surface area contributed by atoms with Crippen molar-refractivity contribution in [3.63, 3.8) is 0 Å². The molecule has 3 N–H and O–H groups in total. The van der Waals surface area contributed by atoms with E-state index in [0.29, 0.717) is 17.6 Å². The van der Waals surface area contributed by atoms with Crippen molar-refractivity contribution in [2.45, 2.75) is 38.0 Å². The number of nitrogens with zero attached hydrogens (tertiary/aromatic N) is 1. The molecule has 5 heteroatoms. The summed E-state index contributed by atoms with van der Waals surface area (Å²) in [5.74, 6) is 2.59. The summed E-state index contributed by atoms with van der Waals surface area (Å²) in [6, 6.07) is -0.0128. The van der Waals surface area contributed by atoms with E-state index in [1.54, 1.807) is 0 Å². The first kappa shape index (κ1) is 11.3. The Morgan fingerprint density at radius 1 is 1.16 bits per heavy atom. The van der Waals surface area contributed by atoms with Crippen LogP contribution in [0, 0.1) is 23.7 Å². The molecule has 1 aromatic heterocycles. The summed E-state index contributed by atoms with van der Waals surface area (Å²) in [6.07, 6.45) is 6.26. The molecule has 4 saturated carbocycles. The first-order valence-corrected chi connectivity index (χ1v) is 7.11. The third-order valence-corrected chi connectivity index (χ3v) is 5.40. The van der Waals surface area contributed by atoms with Crippen LogP contribution in [0.15, 0.2) is 4.42 Å². The van der Waals surface area contributed by atoms with Gasteiger partial charge in [-0.1, -0.05) is 0 Å². The zero-order chi connectivity index (χ0) is 13.1. The van der Waals surface area contributed by atoms with Gasteiger partial charge < -0.3 is 15.3 Å². The third-order valence-electron chi connectivity index (χ3n) is 5.40. The molecular formula is C14H18N2O3. The van der Waals surface area contributed by atoms with Crippen molar-refractivity contribution in [2.24, 2.45) is 23.7 Å². The van der Waals surface area contributed by atoms with Gasteiger partial charge in [-0.3, -0.25) is 0 Å². The van der Waals surface area contributed by atoms with E-state index < -0.39 is 5.97 Å². The summed E-state index contributed by atoms with van der Waals surface area (Å²) < 4.78 is 5.49. The molecule has 19 heavy (non-hydrogen) atoms. The summed E-state index contributed by atoms with van der Waals surface area (Å²) in [6.45, 7) is 0. The van der Waals surface area contributed by atoms with Crippen molar-refractivity contribution < 1.29 is 14.3 Å². The van der Waals surface area contributed by atoms with Gasteiger partial charge in [0.15, 0.2) is 5.69 Å². The zero-order valence-electron chi connectivity index (χ0n) is 10.7. The number of hydrogen-bond acceptors (Lipinski definition) is 4. The highest BCUT2D eigenvalue weighted by molar-refractivity contribution is 5.87. The minimum atomic E-state index is -1.02. The maximum absolute atomic E-state index is 11.3. The molecule has 102 valence electrons. The van der Waals surface area contributed by atoms with Gasteiger partial charge in [0.05, 0.1) is 0 Å². The molecule has 0 radical (unpaired) electrons. The Labute approximate surface area is 111 Å². The smallest absolute Gasteiger partial charge is 0.358 e. The average Bonchev–Trinajstić information content (AvgIpc) is 2.70. The SMILES string of the molecule is Nc1nc(C(=O)O)c(C2C3CC4CC(C3)CC2C4)o1. The number of rotatable bonds is 2. The second kappa shape index (κ2) is 3.74. The molecule has 0 amide bonds. The van der Waals surface area contributed by atoms with Crippen molar-refractivity contribution >= 4 is 12.0 Å². The van der Waals surface area contributed by atoms with Crippen molar-refractivity contribution in [1.82, 2.24) is 4.98 Å². The second-order valence-electron chi connectivity index (χ2n) is 6.53. The highest BCUT2D eigenvalue weighted by Crippen LogP contribution is 2.60. The molecule has 0 aliphatic heterocycles. The van der Waals surface area contributed by atoms with Gasteiger partial charge in [-0.15, -0.1) is 0 Å². The Balaban J connectivity index is 1.74. The van der Waals surface area contributed by atoms with Gasteiger partial charge in [-0.25, -0.2) is 4.79 Å². The van der Waals surface area contributed by atoms with Crippen LogP contribution in [0.1, 0.15) is 54.3 Å². The monoisotopic (exact) mass is 262 g/mol. The van der Waals surface area contributed by atoms with E-state index in [4.69, 9.17) is 10.2 Å². The number of aromatic carboxylic acids is 1. The number of aromatic nitrogens is 1. The van der Waals surface area contributed by atoms with Gasteiger partial charge in [0.1, 0.15) is 5.76 Å². The van der Waals surface area contributed by atoms with Crippen LogP contribution in [0.2, 0.25) is 0 Å². The number of carboxylic acids is 1. The molecule has 0 saturated heterocycles. The fourth-order valence-electron chi connectivity index (χ4n) is 5.08. The van der Waals surface area contributed by atoms with Crippen molar-refractivity contribution in [1.29, 1.82) is 0 Å². The molecule has 4 aliphatic rings. The molecule has 0 unspecified atom stereocenters. The fourth-order valence-corrected chi connectivity index (χ4v) is 5.08. The Bertz CT molecular complexity index is 509. The van der Waals surface area contributed by atoms with Crippen molar-refractivity contribution in [2.75, 3.05) is 5.73 Å². The molecule has 5 rings (SSSR count). The van der Waals surface area contributed by atoms with E-state index in [1.807, 2.05) is 0 Å². The molecule has 4 aliphatic carbocycles. The second-order valence-corrected chi connectivity index (χ2v) is 6.53. The van der Waals surface area contributed by atoms with Gasteiger partial charge >= 0.3 is 5.97 Å². The number of nitrogen functional groups attached to an aromatic ring is 1. The summed E-state index contributed by atoms with van der Waals surface area (Å²) in [5, 5.41) is 9.26. The molecular weight excluding hydrogens is 244 g/mol. The molecule has 0 spiro atoms. The molecule has 4 bridgehead atoms. The molecule has 0 aromatic carbocycles. The first-order chi connectivity index (χ1) is 9.11. The highest BCUT2D eigenvalue weighted by atomic mass is 16.4. The fraction of sp³-hybridized carbons (Fsp3) is 0.714. The topological polar surface area (TPSA) is 89.3 Å². The lowest BCUT2D eigenvalue weighted by atomic mass is 9.51. The Kier molecular flexibility index (Phi) is 2.23. The van der Waals surface area contributed by atoms with E-state index in [9.17, 15) is 9.90 Å². The van der Waals surface area contributed by atoms with Crippen molar-refractivity contribution in [3.05, 3.63) is 11.5 Å². The minimum Gasteiger partial charge on any atom is -0.476 e. The third kappa shape index (κ3) is 1.60. The summed E-state index contributed by atoms with van der Waals surface area (Å²) >= 11 is 0. The number of nitrogens with two attached hydrogens (primary N) is 1. The lowest BCUT2D eigenvalue weighted by Crippen LogP contribution is -2.44. The highest BCUT2D eigenvalue weighted by Gasteiger charge is 2.51. The lowest BCUT2D eigenvalue weighted by molar-refractivity contribution is -0.00983. The van der Waals surface area contributed by atoms with Crippen LogP contribution in [0.3, 0.4) is 0 Å². The van der Waals surface area contributed by atoms with Crippen LogP contribution in [-0.2, 0) is 0 Å². The van der Waals surface area contributed by atoms with Gasteiger partial charge in [-0.05, 0) is 55.8 Å². The standard InChI is InChI=1S/C14H18N2O3/c15-14-16-11(13(17)18)12(19-14)10-8-2-6-1-7(4-8)5-9(10)3-6/h6-10H,1-5H2,(H2,15,16)(H,17,18). The Morgan fingerprint density at radius 2 is 1.74 bits per heavy atom. The van der Waals surface area contributed by atoms with E-state index in [-0.39, 0.29) is 17.6 Å². The Morgan fingerprint density at radius 3 is 2.26 bits per heavy atom. The number of hydrogen-bond donors (Lipinski definition) is 2. The molecule has 1 heterocycles. The van der Waals surface area contributed by atoms with E-state index in [1.165, 1.54) is 32.1 Å².